The summed E-state index contributed by atoms with van der Waals surface area (Å²) in [4.78, 5) is 16.9. The molecule has 4 aromatic rings. The van der Waals surface area contributed by atoms with E-state index in [9.17, 15) is 35.5 Å². The van der Waals surface area contributed by atoms with Gasteiger partial charge < -0.3 is 0 Å². The summed E-state index contributed by atoms with van der Waals surface area (Å²) in [6.45, 7) is 1.29. The third-order valence-corrected chi connectivity index (χ3v) is 6.66. The lowest BCUT2D eigenvalue weighted by atomic mass is 9.84. The highest BCUT2D eigenvalue weighted by atomic mass is 19.4. The zero-order chi connectivity index (χ0) is 29.8. The van der Waals surface area contributed by atoms with Crippen LogP contribution in [0.2, 0.25) is 0 Å². The van der Waals surface area contributed by atoms with Crippen LogP contribution in [-0.2, 0) is 19.0 Å². The Bertz CT molecular complexity index is 1520. The van der Waals surface area contributed by atoms with Crippen molar-refractivity contribution in [1.82, 2.24) is 24.5 Å². The fourth-order valence-corrected chi connectivity index (χ4v) is 4.68. The van der Waals surface area contributed by atoms with E-state index in [4.69, 9.17) is 0 Å². The van der Waals surface area contributed by atoms with Gasteiger partial charge in [0, 0.05) is 23.5 Å². The molecule has 1 aromatic carbocycles. The van der Waals surface area contributed by atoms with Gasteiger partial charge in [0.05, 0.1) is 29.7 Å². The molecule has 0 radical (unpaired) electrons. The number of nitrogens with zero attached hydrogens (tertiary/aromatic N) is 5. The third-order valence-electron chi connectivity index (χ3n) is 6.66. The van der Waals surface area contributed by atoms with Gasteiger partial charge in [0.15, 0.2) is 0 Å². The summed E-state index contributed by atoms with van der Waals surface area (Å²) < 4.78 is 92.0. The fraction of sp³-hybridized carbons (Fsp3) is 0.357. The smallest absolute Gasteiger partial charge is 0.267 e. The molecule has 0 spiro atoms. The first-order valence-corrected chi connectivity index (χ1v) is 12.8. The summed E-state index contributed by atoms with van der Waals surface area (Å²) in [5.74, 6) is -0.312. The monoisotopic (exact) mass is 581 g/mol. The average molecular weight is 582 g/mol. The van der Waals surface area contributed by atoms with Crippen LogP contribution in [0.3, 0.4) is 0 Å². The number of rotatable bonds is 4. The van der Waals surface area contributed by atoms with E-state index < -0.39 is 35.8 Å². The Morgan fingerprint density at radius 2 is 1.71 bits per heavy atom. The number of pyridine rings is 1. The van der Waals surface area contributed by atoms with Crippen LogP contribution in [0.4, 0.5) is 30.7 Å². The van der Waals surface area contributed by atoms with Crippen molar-refractivity contribution in [2.24, 2.45) is 0 Å². The molecule has 0 N–H and O–H groups in total. The van der Waals surface area contributed by atoms with Crippen molar-refractivity contribution in [3.63, 3.8) is 0 Å². The second-order valence-corrected chi connectivity index (χ2v) is 9.72. The van der Waals surface area contributed by atoms with Gasteiger partial charge in [-0.25, -0.2) is 9.07 Å². The largest absolute Gasteiger partial charge is 0.504 e. The highest BCUT2D eigenvalue weighted by Gasteiger charge is 2.35. The number of alkyl halides is 6. The van der Waals surface area contributed by atoms with Gasteiger partial charge in [-0.05, 0) is 61.6 Å². The lowest BCUT2D eigenvalue weighted by Gasteiger charge is -2.22. The molecule has 13 heteroatoms. The maximum atomic E-state index is 13.4. The molecule has 1 saturated carbocycles. The predicted molar refractivity (Wildman–Crippen MR) is 136 cm³/mol. The molecule has 6 nitrogen and oxygen atoms in total. The van der Waals surface area contributed by atoms with Crippen molar-refractivity contribution in [3.8, 4) is 11.3 Å². The van der Waals surface area contributed by atoms with Crippen molar-refractivity contribution in [3.05, 3.63) is 99.6 Å². The van der Waals surface area contributed by atoms with Crippen LogP contribution in [0.1, 0.15) is 60.4 Å². The first-order valence-electron chi connectivity index (χ1n) is 12.8. The summed E-state index contributed by atoms with van der Waals surface area (Å²) >= 11 is 0. The molecule has 0 bridgehead atoms. The van der Waals surface area contributed by atoms with E-state index in [1.165, 1.54) is 24.4 Å². The van der Waals surface area contributed by atoms with Gasteiger partial charge in [-0.15, -0.1) is 13.2 Å². The van der Waals surface area contributed by atoms with E-state index >= 15 is 0 Å². The number of hydrogen-bond acceptors (Lipinski definition) is 4. The molecule has 41 heavy (non-hydrogen) atoms. The van der Waals surface area contributed by atoms with E-state index in [1.807, 2.05) is 13.0 Å². The molecule has 0 saturated heterocycles. The highest BCUT2D eigenvalue weighted by Crippen LogP contribution is 2.34. The van der Waals surface area contributed by atoms with Crippen molar-refractivity contribution >= 4 is 0 Å². The minimum atomic E-state index is -4.74. The van der Waals surface area contributed by atoms with Gasteiger partial charge in [-0.3, -0.25) is 9.78 Å². The Morgan fingerprint density at radius 1 is 0.976 bits per heavy atom. The summed E-state index contributed by atoms with van der Waals surface area (Å²) in [5, 5.41) is 7.38. The maximum Gasteiger partial charge on any atom is 0.504 e. The zero-order valence-electron chi connectivity index (χ0n) is 21.9. The van der Waals surface area contributed by atoms with E-state index in [1.54, 1.807) is 6.07 Å². The first-order chi connectivity index (χ1) is 19.3. The lowest BCUT2D eigenvalue weighted by molar-refractivity contribution is -0.212. The molecule has 0 aliphatic heterocycles. The molecule has 218 valence electrons. The van der Waals surface area contributed by atoms with Gasteiger partial charge in [0.1, 0.15) is 5.82 Å². The van der Waals surface area contributed by atoms with Gasteiger partial charge in [0.2, 0.25) is 0 Å². The Hall–Kier alpha value is -4.03. The van der Waals surface area contributed by atoms with Crippen LogP contribution >= 0.6 is 0 Å². The normalized spacial score (nSPS) is 14.4. The second-order valence-electron chi connectivity index (χ2n) is 9.72. The average Bonchev–Trinajstić information content (AvgIpc) is 3.42. The van der Waals surface area contributed by atoms with Crippen molar-refractivity contribution in [1.29, 1.82) is 0 Å². The molecular weight excluding hydrogens is 555 g/mol. The molecule has 1 aliphatic carbocycles. The van der Waals surface area contributed by atoms with Crippen molar-refractivity contribution in [2.45, 2.75) is 64.0 Å². The van der Waals surface area contributed by atoms with E-state index in [-0.39, 0.29) is 27.7 Å². The Balaban J connectivity index is 0.000000417. The third kappa shape index (κ3) is 7.59. The molecule has 5 rings (SSSR count). The topological polar surface area (TPSA) is 65.6 Å². The summed E-state index contributed by atoms with van der Waals surface area (Å²) in [5.41, 5.74) is -0.683. The molecule has 0 amide bonds. The quantitative estimate of drug-likeness (QED) is 0.239. The zero-order valence-corrected chi connectivity index (χ0v) is 21.9. The summed E-state index contributed by atoms with van der Waals surface area (Å²) in [6, 6.07) is 9.92. The standard InChI is InChI=1S/C21H19F6N5O.C7H7F/c22-20(23,24)16-7-4-8-28-18(16)12-31-19(33)15(13-5-2-1-3-6-13)9-17(30-31)14-10-29-32(11-14)21(25,26)27;1-6-3-2-4-7(8)5-6/h4,7-11,13H,1-3,5-6,12H2;2-5H,1H3. The van der Waals surface area contributed by atoms with Crippen molar-refractivity contribution < 1.29 is 30.7 Å². The van der Waals surface area contributed by atoms with Crippen LogP contribution < -0.4 is 5.56 Å². The van der Waals surface area contributed by atoms with E-state index in [2.05, 4.69) is 15.2 Å². The van der Waals surface area contributed by atoms with Gasteiger partial charge in [-0.2, -0.15) is 28.1 Å². The van der Waals surface area contributed by atoms with E-state index in [0.29, 0.717) is 18.4 Å². The highest BCUT2D eigenvalue weighted by molar-refractivity contribution is 5.57. The number of halogens is 7. The van der Waals surface area contributed by atoms with Crippen LogP contribution in [0, 0.1) is 12.7 Å². The predicted octanol–water partition coefficient (Wildman–Crippen LogP) is 7.23. The molecule has 3 aromatic heterocycles. The molecule has 0 atom stereocenters. The number of aryl methyl sites for hydroxylation is 1. The van der Waals surface area contributed by atoms with Crippen LogP contribution in [-0.4, -0.2) is 24.5 Å². The van der Waals surface area contributed by atoms with Gasteiger partial charge >= 0.3 is 12.5 Å². The molecule has 1 aliphatic rings. The molecule has 3 heterocycles. The van der Waals surface area contributed by atoms with Crippen molar-refractivity contribution in [2.75, 3.05) is 0 Å². The Kier molecular flexibility index (Phi) is 8.93. The van der Waals surface area contributed by atoms with Gasteiger partial charge in [-0.1, -0.05) is 31.4 Å². The minimum absolute atomic E-state index is 0.00444. The van der Waals surface area contributed by atoms with E-state index in [0.717, 1.165) is 54.0 Å². The number of aromatic nitrogens is 5. The second kappa shape index (κ2) is 12.2. The van der Waals surface area contributed by atoms with Crippen LogP contribution in [0.5, 0.6) is 0 Å². The molecular formula is C28H26F7N5O. The molecule has 1 fully saturated rings. The number of hydrogen-bond donors (Lipinski definition) is 0. The number of benzene rings is 1. The fourth-order valence-electron chi connectivity index (χ4n) is 4.68. The first kappa shape index (κ1) is 29.9. The Labute approximate surface area is 230 Å². The molecule has 0 unspecified atom stereocenters. The minimum Gasteiger partial charge on any atom is -0.267 e. The summed E-state index contributed by atoms with van der Waals surface area (Å²) in [7, 11) is 0. The lowest BCUT2D eigenvalue weighted by Crippen LogP contribution is -2.30. The van der Waals surface area contributed by atoms with Crippen LogP contribution in [0.25, 0.3) is 11.3 Å². The Morgan fingerprint density at radius 3 is 2.29 bits per heavy atom. The maximum absolute atomic E-state index is 13.4. The SMILES string of the molecule is Cc1cccc(F)c1.O=c1c(C2CCCCC2)cc(-c2cnn(C(F)(F)F)c2)nn1Cc1ncccc1C(F)(F)F. The summed E-state index contributed by atoms with van der Waals surface area (Å²) in [6.07, 6.45) is -2.40. The van der Waals surface area contributed by atoms with Gasteiger partial charge in [0.25, 0.3) is 5.56 Å². The van der Waals surface area contributed by atoms with Crippen LogP contribution in [0.15, 0.2) is 65.8 Å².